The van der Waals surface area contributed by atoms with Crippen molar-refractivity contribution in [2.24, 2.45) is 0 Å². The molecular formula is C31H43N3O13. The topological polar surface area (TPSA) is 208 Å². The summed E-state index contributed by atoms with van der Waals surface area (Å²) >= 11 is 0. The van der Waals surface area contributed by atoms with Gasteiger partial charge in [0.05, 0.1) is 39.1 Å². The molecule has 0 saturated carbocycles. The number of rotatable bonds is 21. The number of aryl methyl sites for hydroxylation is 1. The lowest BCUT2D eigenvalue weighted by molar-refractivity contribution is -0.195. The van der Waals surface area contributed by atoms with Crippen LogP contribution >= 0.6 is 0 Å². The molecule has 4 amide bonds. The quantitative estimate of drug-likeness (QED) is 0.103. The van der Waals surface area contributed by atoms with Crippen LogP contribution in [0.3, 0.4) is 0 Å². The van der Waals surface area contributed by atoms with Crippen LogP contribution in [0, 0.1) is 0 Å². The molecule has 4 N–H and O–H groups in total. The molecule has 2 aliphatic heterocycles. The molecule has 1 aromatic carbocycles. The van der Waals surface area contributed by atoms with Crippen LogP contribution in [0.5, 0.6) is 5.75 Å². The number of carbonyl (C=O) groups is 5. The summed E-state index contributed by atoms with van der Waals surface area (Å²) in [6, 6.07) is 5.37. The standard InChI is InChI=1S/C31H43N3O13/c1-32-31(41)45-20-22-17-21(4-5-24(22)46-29-19-23(35)18-25(47-29)30(39)40)3-2-11-42-13-15-44-16-14-43-12-9-33-26(36)8-10-34-27(37)6-7-28(34)38/h4-7,17,23,25,29,35H,2-3,8-16,18-20H2,1H3,(H,32,41)(H,33,36)(H,39,40). The van der Waals surface area contributed by atoms with Gasteiger partial charge in [0.2, 0.25) is 12.2 Å². The van der Waals surface area contributed by atoms with Gasteiger partial charge in [-0.1, -0.05) is 6.07 Å². The van der Waals surface area contributed by atoms with Crippen molar-refractivity contribution in [2.75, 3.05) is 59.8 Å². The summed E-state index contributed by atoms with van der Waals surface area (Å²) in [5.41, 5.74) is 1.51. The second-order valence-electron chi connectivity index (χ2n) is 10.6. The Hall–Kier alpha value is -4.09. The van der Waals surface area contributed by atoms with E-state index in [1.807, 2.05) is 12.1 Å². The van der Waals surface area contributed by atoms with Crippen molar-refractivity contribution in [3.05, 3.63) is 41.5 Å². The van der Waals surface area contributed by atoms with Crippen LogP contribution in [0.25, 0.3) is 0 Å². The lowest BCUT2D eigenvalue weighted by atomic mass is 10.0. The highest BCUT2D eigenvalue weighted by molar-refractivity contribution is 6.13. The number of nitrogens with zero attached hydrogens (tertiary/aromatic N) is 1. The first-order valence-corrected chi connectivity index (χ1v) is 15.4. The summed E-state index contributed by atoms with van der Waals surface area (Å²) in [6.07, 6.45) is 0.181. The number of aliphatic hydroxyl groups is 1. The van der Waals surface area contributed by atoms with E-state index in [2.05, 4.69) is 10.6 Å². The number of imide groups is 1. The zero-order chi connectivity index (χ0) is 34.0. The van der Waals surface area contributed by atoms with E-state index in [1.165, 1.54) is 19.2 Å². The first-order valence-electron chi connectivity index (χ1n) is 15.4. The van der Waals surface area contributed by atoms with Gasteiger partial charge in [0.15, 0.2) is 6.10 Å². The molecule has 3 rings (SSSR count). The van der Waals surface area contributed by atoms with Crippen LogP contribution in [0.1, 0.15) is 36.8 Å². The number of carbonyl (C=O) groups excluding carboxylic acids is 4. The van der Waals surface area contributed by atoms with Gasteiger partial charge in [0, 0.05) is 63.7 Å². The fourth-order valence-corrected chi connectivity index (χ4v) is 4.60. The van der Waals surface area contributed by atoms with Crippen LogP contribution in [-0.4, -0.2) is 123 Å². The first-order chi connectivity index (χ1) is 22.7. The van der Waals surface area contributed by atoms with Gasteiger partial charge in [0.25, 0.3) is 11.8 Å². The van der Waals surface area contributed by atoms with Crippen molar-refractivity contribution in [2.45, 2.75) is 57.2 Å². The van der Waals surface area contributed by atoms with E-state index in [0.29, 0.717) is 70.3 Å². The Morgan fingerprint density at radius 3 is 2.34 bits per heavy atom. The van der Waals surface area contributed by atoms with E-state index in [4.69, 9.17) is 28.4 Å². The van der Waals surface area contributed by atoms with Crippen molar-refractivity contribution < 1.29 is 62.6 Å². The smallest absolute Gasteiger partial charge is 0.407 e. The SMILES string of the molecule is CNC(=O)OCc1cc(CCCOCCOCCOCCNC(=O)CCN2C(=O)C=CC2=O)ccc1OC1CC(O)CC(C(=O)O)O1. The van der Waals surface area contributed by atoms with Gasteiger partial charge in [0.1, 0.15) is 12.4 Å². The number of nitrogens with one attached hydrogen (secondary N) is 2. The van der Waals surface area contributed by atoms with Crippen LogP contribution in [0.4, 0.5) is 4.79 Å². The van der Waals surface area contributed by atoms with E-state index in [9.17, 15) is 34.2 Å². The normalized spacial score (nSPS) is 19.1. The van der Waals surface area contributed by atoms with Crippen molar-refractivity contribution in [1.29, 1.82) is 0 Å². The molecule has 2 heterocycles. The molecule has 16 nitrogen and oxygen atoms in total. The maximum atomic E-state index is 11.8. The largest absolute Gasteiger partial charge is 0.479 e. The fourth-order valence-electron chi connectivity index (χ4n) is 4.60. The molecule has 0 bridgehead atoms. The number of carboxylic acids is 1. The maximum absolute atomic E-state index is 11.8. The highest BCUT2D eigenvalue weighted by Crippen LogP contribution is 2.28. The number of ether oxygens (including phenoxy) is 6. The number of hydrogen-bond donors (Lipinski definition) is 4. The summed E-state index contributed by atoms with van der Waals surface area (Å²) < 4.78 is 33.1. The third-order valence-electron chi connectivity index (χ3n) is 7.02. The van der Waals surface area contributed by atoms with Crippen molar-refractivity contribution >= 4 is 29.8 Å². The van der Waals surface area contributed by atoms with Crippen molar-refractivity contribution in [3.8, 4) is 5.75 Å². The average molecular weight is 666 g/mol. The monoisotopic (exact) mass is 665 g/mol. The summed E-state index contributed by atoms with van der Waals surface area (Å²) in [5, 5.41) is 24.4. The molecule has 1 aromatic rings. The van der Waals surface area contributed by atoms with E-state index in [0.717, 1.165) is 10.5 Å². The van der Waals surface area contributed by atoms with Gasteiger partial charge < -0.3 is 49.3 Å². The molecule has 3 unspecified atom stereocenters. The number of hydrogen-bond acceptors (Lipinski definition) is 12. The minimum atomic E-state index is -1.18. The number of amides is 4. The molecule has 16 heteroatoms. The van der Waals surface area contributed by atoms with Crippen LogP contribution in [0.2, 0.25) is 0 Å². The summed E-state index contributed by atoms with van der Waals surface area (Å²) in [6.45, 7) is 2.52. The van der Waals surface area contributed by atoms with Gasteiger partial charge in [-0.3, -0.25) is 19.3 Å². The van der Waals surface area contributed by atoms with Gasteiger partial charge in [-0.2, -0.15) is 0 Å². The molecule has 1 saturated heterocycles. The number of aliphatic carboxylic acids is 1. The Kier molecular flexibility index (Phi) is 16.1. The minimum absolute atomic E-state index is 0.0251. The maximum Gasteiger partial charge on any atom is 0.407 e. The van der Waals surface area contributed by atoms with Crippen LogP contribution in [0.15, 0.2) is 30.4 Å². The van der Waals surface area contributed by atoms with Gasteiger partial charge in [-0.05, 0) is 30.5 Å². The zero-order valence-electron chi connectivity index (χ0n) is 26.4. The molecule has 2 aliphatic rings. The summed E-state index contributed by atoms with van der Waals surface area (Å²) in [7, 11) is 1.44. The minimum Gasteiger partial charge on any atom is -0.479 e. The van der Waals surface area contributed by atoms with Crippen molar-refractivity contribution in [3.63, 3.8) is 0 Å². The van der Waals surface area contributed by atoms with Crippen LogP contribution < -0.4 is 15.4 Å². The average Bonchev–Trinajstić information content (AvgIpc) is 3.37. The Morgan fingerprint density at radius 2 is 1.66 bits per heavy atom. The summed E-state index contributed by atoms with van der Waals surface area (Å²) in [4.78, 5) is 58.8. The van der Waals surface area contributed by atoms with E-state index in [-0.39, 0.29) is 38.3 Å². The fraction of sp³-hybridized carbons (Fsp3) is 0.581. The highest BCUT2D eigenvalue weighted by atomic mass is 16.7. The molecule has 47 heavy (non-hydrogen) atoms. The number of carboxylic acid groups (broad SMARTS) is 1. The molecule has 0 aromatic heterocycles. The third kappa shape index (κ3) is 13.7. The number of benzene rings is 1. The van der Waals surface area contributed by atoms with Gasteiger partial charge in [-0.15, -0.1) is 0 Å². The zero-order valence-corrected chi connectivity index (χ0v) is 26.4. The van der Waals surface area contributed by atoms with E-state index < -0.39 is 42.4 Å². The Morgan fingerprint density at radius 1 is 0.979 bits per heavy atom. The molecule has 260 valence electrons. The molecule has 3 atom stereocenters. The Balaban J connectivity index is 1.25. The molecule has 0 aliphatic carbocycles. The Bertz CT molecular complexity index is 1220. The highest BCUT2D eigenvalue weighted by Gasteiger charge is 2.34. The molecule has 0 radical (unpaired) electrons. The van der Waals surface area contributed by atoms with E-state index >= 15 is 0 Å². The second-order valence-corrected chi connectivity index (χ2v) is 10.6. The number of alkyl carbamates (subject to hydrolysis) is 1. The molecular weight excluding hydrogens is 622 g/mol. The third-order valence-corrected chi connectivity index (χ3v) is 7.02. The summed E-state index contributed by atoms with van der Waals surface area (Å²) in [5.74, 6) is -1.94. The Labute approximate surface area is 272 Å². The lowest BCUT2D eigenvalue weighted by Crippen LogP contribution is -2.42. The van der Waals surface area contributed by atoms with Gasteiger partial charge >= 0.3 is 12.1 Å². The lowest BCUT2D eigenvalue weighted by Gasteiger charge is -2.31. The predicted molar refractivity (Wildman–Crippen MR) is 162 cm³/mol. The predicted octanol–water partition coefficient (Wildman–Crippen LogP) is 0.286. The van der Waals surface area contributed by atoms with E-state index in [1.54, 1.807) is 6.07 Å². The van der Waals surface area contributed by atoms with Crippen LogP contribution in [-0.2, 0) is 55.9 Å². The van der Waals surface area contributed by atoms with Gasteiger partial charge in [-0.25, -0.2) is 9.59 Å². The molecule has 1 fully saturated rings. The van der Waals surface area contributed by atoms with Crippen molar-refractivity contribution in [1.82, 2.24) is 15.5 Å². The first kappa shape index (κ1) is 37.4. The number of aliphatic hydroxyl groups excluding tert-OH is 1. The molecule has 0 spiro atoms. The second kappa shape index (κ2) is 20.2.